The number of benzene rings is 3. The Morgan fingerprint density at radius 1 is 0.739 bits per heavy atom. The van der Waals surface area contributed by atoms with Crippen molar-refractivity contribution in [1.82, 2.24) is 0 Å². The lowest BCUT2D eigenvalue weighted by Gasteiger charge is -2.12. The molecule has 116 valence electrons. The second kappa shape index (κ2) is 7.61. The van der Waals surface area contributed by atoms with Gasteiger partial charge in [0.1, 0.15) is 0 Å². The van der Waals surface area contributed by atoms with Crippen molar-refractivity contribution in [3.05, 3.63) is 90.0 Å². The lowest BCUT2D eigenvalue weighted by molar-refractivity contribution is 0.102. The normalized spacial score (nSPS) is 9.78. The summed E-state index contributed by atoms with van der Waals surface area (Å²) in [5.74, 6) is -0.0925. The Kier molecular flexibility index (Phi) is 5.56. The molecule has 0 unspecified atom stereocenters. The zero-order valence-corrected chi connectivity index (χ0v) is 13.6. The van der Waals surface area contributed by atoms with E-state index >= 15 is 0 Å². The summed E-state index contributed by atoms with van der Waals surface area (Å²) in [4.78, 5) is 12.6. The molecule has 0 saturated carbocycles. The average Bonchev–Trinajstić information content (AvgIpc) is 2.56. The highest BCUT2D eigenvalue weighted by Crippen LogP contribution is 2.27. The minimum absolute atomic E-state index is 0. The number of aryl methyl sites for hydroxylation is 1. The Bertz CT molecular complexity index is 800. The van der Waals surface area contributed by atoms with Crippen LogP contribution in [-0.2, 0) is 0 Å². The van der Waals surface area contributed by atoms with Crippen LogP contribution in [0.25, 0.3) is 11.1 Å². The Morgan fingerprint density at radius 3 is 2.00 bits per heavy atom. The fourth-order valence-electron chi connectivity index (χ4n) is 2.51. The highest BCUT2D eigenvalue weighted by atomic mass is 35.5. The second-order valence-corrected chi connectivity index (χ2v) is 5.18. The first-order valence-corrected chi connectivity index (χ1v) is 7.27. The topological polar surface area (TPSA) is 29.1 Å². The maximum absolute atomic E-state index is 12.6. The van der Waals surface area contributed by atoms with Crippen LogP contribution in [0.3, 0.4) is 0 Å². The molecule has 0 heterocycles. The molecule has 0 radical (unpaired) electrons. The fraction of sp³-hybridized carbons (Fsp3) is 0.0500. The van der Waals surface area contributed by atoms with Gasteiger partial charge in [-0.15, -0.1) is 12.4 Å². The van der Waals surface area contributed by atoms with E-state index in [9.17, 15) is 4.79 Å². The molecule has 3 aromatic rings. The van der Waals surface area contributed by atoms with Gasteiger partial charge >= 0.3 is 0 Å². The van der Waals surface area contributed by atoms with Crippen LogP contribution in [0.5, 0.6) is 0 Å². The number of hydrogen-bond donors (Lipinski definition) is 1. The van der Waals surface area contributed by atoms with Crippen molar-refractivity contribution in [3.63, 3.8) is 0 Å². The zero-order valence-electron chi connectivity index (χ0n) is 12.8. The molecule has 0 aliphatic heterocycles. The molecule has 3 rings (SSSR count). The van der Waals surface area contributed by atoms with Gasteiger partial charge in [0, 0.05) is 11.3 Å². The Morgan fingerprint density at radius 2 is 1.30 bits per heavy atom. The maximum atomic E-state index is 12.6. The molecule has 2 nitrogen and oxygen atoms in total. The number of carbonyl (C=O) groups is 1. The number of anilines is 1. The van der Waals surface area contributed by atoms with Crippen molar-refractivity contribution in [3.8, 4) is 11.1 Å². The molecular weight excluding hydrogens is 306 g/mol. The predicted octanol–water partition coefficient (Wildman–Crippen LogP) is 5.34. The Labute approximate surface area is 142 Å². The van der Waals surface area contributed by atoms with Crippen LogP contribution in [0.15, 0.2) is 78.9 Å². The predicted molar refractivity (Wildman–Crippen MR) is 98.3 cm³/mol. The summed E-state index contributed by atoms with van der Waals surface area (Å²) in [6.07, 6.45) is 0. The second-order valence-electron chi connectivity index (χ2n) is 5.18. The first kappa shape index (κ1) is 16.8. The van der Waals surface area contributed by atoms with E-state index in [2.05, 4.69) is 18.3 Å². The van der Waals surface area contributed by atoms with Crippen LogP contribution < -0.4 is 5.32 Å². The number of para-hydroxylation sites is 1. The highest BCUT2D eigenvalue weighted by Gasteiger charge is 2.13. The van der Waals surface area contributed by atoms with Gasteiger partial charge in [-0.3, -0.25) is 4.79 Å². The van der Waals surface area contributed by atoms with E-state index in [1.165, 1.54) is 0 Å². The smallest absolute Gasteiger partial charge is 0.256 e. The number of rotatable bonds is 3. The molecule has 1 amide bonds. The molecule has 0 bridgehead atoms. The summed E-state index contributed by atoms with van der Waals surface area (Å²) in [7, 11) is 0. The lowest BCUT2D eigenvalue weighted by atomic mass is 9.95. The summed E-state index contributed by atoms with van der Waals surface area (Å²) < 4.78 is 0. The van der Waals surface area contributed by atoms with Crippen LogP contribution in [-0.4, -0.2) is 5.91 Å². The molecular formula is C20H18ClNO. The minimum atomic E-state index is -0.0925. The minimum Gasteiger partial charge on any atom is -0.322 e. The summed E-state index contributed by atoms with van der Waals surface area (Å²) >= 11 is 0. The first-order valence-electron chi connectivity index (χ1n) is 7.27. The van der Waals surface area contributed by atoms with Gasteiger partial charge in [0.05, 0.1) is 0 Å². The summed E-state index contributed by atoms with van der Waals surface area (Å²) in [6, 6.07) is 25.3. The standard InChI is InChI=1S/C20H17NO.ClH/c1-15-9-5-6-12-17(15)18-13-7-8-14-19(18)20(22)21-16-10-3-2-4-11-16;/h2-14H,1H3,(H,21,22);1H. The van der Waals surface area contributed by atoms with Crippen LogP contribution in [0.4, 0.5) is 5.69 Å². The van der Waals surface area contributed by atoms with Crippen LogP contribution in [0.2, 0.25) is 0 Å². The maximum Gasteiger partial charge on any atom is 0.256 e. The van der Waals surface area contributed by atoms with Gasteiger partial charge in [-0.05, 0) is 41.8 Å². The van der Waals surface area contributed by atoms with Gasteiger partial charge in [0.2, 0.25) is 0 Å². The molecule has 0 saturated heterocycles. The molecule has 23 heavy (non-hydrogen) atoms. The number of carbonyl (C=O) groups excluding carboxylic acids is 1. The van der Waals surface area contributed by atoms with E-state index in [1.54, 1.807) is 0 Å². The van der Waals surface area contributed by atoms with Gasteiger partial charge in [-0.1, -0.05) is 60.7 Å². The van der Waals surface area contributed by atoms with E-state index in [-0.39, 0.29) is 18.3 Å². The van der Waals surface area contributed by atoms with E-state index in [1.807, 2.05) is 72.8 Å². The summed E-state index contributed by atoms with van der Waals surface area (Å²) in [5.41, 5.74) is 4.67. The van der Waals surface area contributed by atoms with Crippen molar-refractivity contribution >= 4 is 24.0 Å². The van der Waals surface area contributed by atoms with E-state index < -0.39 is 0 Å². The Balaban J connectivity index is 0.00000192. The van der Waals surface area contributed by atoms with Crippen LogP contribution in [0, 0.1) is 6.92 Å². The molecule has 1 N–H and O–H groups in total. The zero-order chi connectivity index (χ0) is 15.4. The number of amides is 1. The molecule has 0 fully saturated rings. The van der Waals surface area contributed by atoms with Gasteiger partial charge in [-0.2, -0.15) is 0 Å². The van der Waals surface area contributed by atoms with Crippen molar-refractivity contribution in [1.29, 1.82) is 0 Å². The largest absolute Gasteiger partial charge is 0.322 e. The third-order valence-electron chi connectivity index (χ3n) is 3.64. The van der Waals surface area contributed by atoms with E-state index in [0.717, 1.165) is 22.4 Å². The lowest BCUT2D eigenvalue weighted by Crippen LogP contribution is -2.13. The quantitative estimate of drug-likeness (QED) is 0.693. The third kappa shape index (κ3) is 3.79. The Hall–Kier alpha value is -2.58. The van der Waals surface area contributed by atoms with Crippen LogP contribution >= 0.6 is 12.4 Å². The molecule has 0 atom stereocenters. The number of hydrogen-bond acceptors (Lipinski definition) is 1. The third-order valence-corrected chi connectivity index (χ3v) is 3.64. The van der Waals surface area contributed by atoms with Crippen molar-refractivity contribution in [2.24, 2.45) is 0 Å². The van der Waals surface area contributed by atoms with Gasteiger partial charge in [0.25, 0.3) is 5.91 Å². The van der Waals surface area contributed by atoms with Gasteiger partial charge < -0.3 is 5.32 Å². The van der Waals surface area contributed by atoms with Crippen molar-refractivity contribution < 1.29 is 4.79 Å². The van der Waals surface area contributed by atoms with Crippen LogP contribution in [0.1, 0.15) is 15.9 Å². The molecule has 3 heteroatoms. The number of halogens is 1. The molecule has 0 aliphatic rings. The molecule has 0 aromatic heterocycles. The first-order chi connectivity index (χ1) is 10.8. The molecule has 3 aromatic carbocycles. The van der Waals surface area contributed by atoms with Gasteiger partial charge in [0.15, 0.2) is 0 Å². The fourth-order valence-corrected chi connectivity index (χ4v) is 2.51. The van der Waals surface area contributed by atoms with Crippen molar-refractivity contribution in [2.75, 3.05) is 5.32 Å². The van der Waals surface area contributed by atoms with E-state index in [4.69, 9.17) is 0 Å². The summed E-state index contributed by atoms with van der Waals surface area (Å²) in [5, 5.41) is 2.95. The molecule has 0 aliphatic carbocycles. The monoisotopic (exact) mass is 323 g/mol. The molecule has 0 spiro atoms. The SMILES string of the molecule is Cc1ccccc1-c1ccccc1C(=O)Nc1ccccc1.Cl. The van der Waals surface area contributed by atoms with Gasteiger partial charge in [-0.25, -0.2) is 0 Å². The highest BCUT2D eigenvalue weighted by molar-refractivity contribution is 6.08. The van der Waals surface area contributed by atoms with Crippen molar-refractivity contribution in [2.45, 2.75) is 6.92 Å². The average molecular weight is 324 g/mol. The number of nitrogens with one attached hydrogen (secondary N) is 1. The van der Waals surface area contributed by atoms with E-state index in [0.29, 0.717) is 5.56 Å². The summed E-state index contributed by atoms with van der Waals surface area (Å²) in [6.45, 7) is 2.06.